The Bertz CT molecular complexity index is 969. The van der Waals surface area contributed by atoms with E-state index in [-0.39, 0.29) is 15.8 Å². The van der Waals surface area contributed by atoms with Crippen LogP contribution in [0.2, 0.25) is 0 Å². The SMILES string of the molecule is CC(OC(=O)c1csc(S(N)(=O)=O)c1)C(=O)NC1CCOc2ccccc21. The smallest absolute Gasteiger partial charge is 0.339 e. The van der Waals surface area contributed by atoms with E-state index in [1.165, 1.54) is 12.3 Å². The van der Waals surface area contributed by atoms with Crippen molar-refractivity contribution >= 4 is 33.2 Å². The van der Waals surface area contributed by atoms with Gasteiger partial charge >= 0.3 is 5.97 Å². The summed E-state index contributed by atoms with van der Waals surface area (Å²) in [5.74, 6) is -0.532. The molecule has 1 aliphatic heterocycles. The Morgan fingerprint density at radius 3 is 2.81 bits per heavy atom. The van der Waals surface area contributed by atoms with Gasteiger partial charge in [-0.3, -0.25) is 4.79 Å². The van der Waals surface area contributed by atoms with Crippen LogP contribution in [0.3, 0.4) is 0 Å². The largest absolute Gasteiger partial charge is 0.493 e. The second kappa shape index (κ2) is 7.67. The maximum absolute atomic E-state index is 12.4. The summed E-state index contributed by atoms with van der Waals surface area (Å²) in [6.45, 7) is 1.92. The van der Waals surface area contributed by atoms with Crippen molar-refractivity contribution in [2.24, 2.45) is 5.14 Å². The Morgan fingerprint density at radius 2 is 2.11 bits per heavy atom. The van der Waals surface area contributed by atoms with Gasteiger partial charge in [-0.15, -0.1) is 11.3 Å². The monoisotopic (exact) mass is 410 g/mol. The molecule has 3 N–H and O–H groups in total. The highest BCUT2D eigenvalue weighted by molar-refractivity contribution is 7.91. The molecule has 3 rings (SSSR count). The lowest BCUT2D eigenvalue weighted by atomic mass is 10.0. The number of nitrogens with two attached hydrogens (primary N) is 1. The molecular weight excluding hydrogens is 392 g/mol. The number of carbonyl (C=O) groups is 2. The standard InChI is InChI=1S/C17H18N2O6S2/c1-10(25-17(21)11-8-15(26-9-11)27(18,22)23)16(20)19-13-6-7-24-14-5-3-2-4-12(13)14/h2-5,8-10,13H,6-7H2,1H3,(H,19,20)(H2,18,22,23). The fraction of sp³-hybridized carbons (Fsp3) is 0.294. The number of esters is 1. The number of thiophene rings is 1. The van der Waals surface area contributed by atoms with Crippen molar-refractivity contribution in [2.75, 3.05) is 6.61 Å². The number of ether oxygens (including phenoxy) is 2. The zero-order valence-corrected chi connectivity index (χ0v) is 16.0. The number of benzene rings is 1. The molecule has 8 nitrogen and oxygen atoms in total. The van der Waals surface area contributed by atoms with Crippen LogP contribution in [0.4, 0.5) is 0 Å². The predicted molar refractivity (Wildman–Crippen MR) is 98.0 cm³/mol. The van der Waals surface area contributed by atoms with Gasteiger partial charge in [-0.1, -0.05) is 18.2 Å². The maximum atomic E-state index is 12.4. The lowest BCUT2D eigenvalue weighted by Gasteiger charge is -2.27. The second-order valence-corrected chi connectivity index (χ2v) is 8.68. The van der Waals surface area contributed by atoms with E-state index in [4.69, 9.17) is 14.6 Å². The molecule has 2 aromatic rings. The predicted octanol–water partition coefficient (Wildman–Crippen LogP) is 1.58. The minimum atomic E-state index is -3.89. The van der Waals surface area contributed by atoms with Crippen LogP contribution in [0.5, 0.6) is 5.75 Å². The van der Waals surface area contributed by atoms with Gasteiger partial charge in [0.1, 0.15) is 9.96 Å². The van der Waals surface area contributed by atoms with Gasteiger partial charge in [0.2, 0.25) is 10.0 Å². The molecule has 1 aliphatic rings. The highest BCUT2D eigenvalue weighted by Gasteiger charge is 2.27. The quantitative estimate of drug-likeness (QED) is 0.721. The van der Waals surface area contributed by atoms with Gasteiger partial charge in [-0.2, -0.15) is 0 Å². The summed E-state index contributed by atoms with van der Waals surface area (Å²) in [5.41, 5.74) is 0.895. The first-order valence-corrected chi connectivity index (χ1v) is 10.5. The Hall–Kier alpha value is -2.43. The molecule has 144 valence electrons. The summed E-state index contributed by atoms with van der Waals surface area (Å²) in [4.78, 5) is 24.5. The number of fused-ring (bicyclic) bond motifs is 1. The van der Waals surface area contributed by atoms with E-state index in [1.54, 1.807) is 0 Å². The van der Waals surface area contributed by atoms with Crippen molar-refractivity contribution in [1.82, 2.24) is 5.32 Å². The summed E-state index contributed by atoms with van der Waals surface area (Å²) in [5, 5.41) is 9.19. The molecule has 0 radical (unpaired) electrons. The number of rotatable bonds is 5. The highest BCUT2D eigenvalue weighted by Crippen LogP contribution is 2.31. The molecule has 0 bridgehead atoms. The molecule has 2 heterocycles. The number of primary sulfonamides is 1. The molecule has 0 saturated carbocycles. The number of hydrogen-bond acceptors (Lipinski definition) is 7. The van der Waals surface area contributed by atoms with Crippen LogP contribution < -0.4 is 15.2 Å². The second-order valence-electron chi connectivity index (χ2n) is 5.98. The molecule has 10 heteroatoms. The van der Waals surface area contributed by atoms with Crippen LogP contribution in [0.15, 0.2) is 39.9 Å². The minimum Gasteiger partial charge on any atom is -0.493 e. The van der Waals surface area contributed by atoms with Crippen molar-refractivity contribution in [3.63, 3.8) is 0 Å². The summed E-state index contributed by atoms with van der Waals surface area (Å²) >= 11 is 0.813. The molecule has 0 aliphatic carbocycles. The molecule has 2 unspecified atom stereocenters. The average Bonchev–Trinajstić information content (AvgIpc) is 3.12. The number of amides is 1. The first-order valence-electron chi connectivity index (χ1n) is 8.10. The van der Waals surface area contributed by atoms with Crippen molar-refractivity contribution in [3.05, 3.63) is 46.8 Å². The van der Waals surface area contributed by atoms with Gasteiger partial charge in [0.05, 0.1) is 18.2 Å². The molecule has 1 aromatic carbocycles. The Kier molecular flexibility index (Phi) is 5.49. The topological polar surface area (TPSA) is 125 Å². The highest BCUT2D eigenvalue weighted by atomic mass is 32.2. The van der Waals surface area contributed by atoms with Crippen LogP contribution in [-0.2, 0) is 19.6 Å². The Morgan fingerprint density at radius 1 is 1.37 bits per heavy atom. The zero-order valence-electron chi connectivity index (χ0n) is 14.4. The summed E-state index contributed by atoms with van der Waals surface area (Å²) in [7, 11) is -3.89. The third-order valence-electron chi connectivity index (χ3n) is 4.02. The molecule has 0 fully saturated rings. The number of carbonyl (C=O) groups excluding carboxylic acids is 2. The molecular formula is C17H18N2O6S2. The van der Waals surface area contributed by atoms with Crippen molar-refractivity contribution in [3.8, 4) is 5.75 Å². The van der Waals surface area contributed by atoms with Crippen molar-refractivity contribution < 1.29 is 27.5 Å². The van der Waals surface area contributed by atoms with Gasteiger partial charge in [-0.25, -0.2) is 18.4 Å². The molecule has 1 aromatic heterocycles. The zero-order chi connectivity index (χ0) is 19.6. The summed E-state index contributed by atoms with van der Waals surface area (Å²) in [6.07, 6.45) is -0.448. The van der Waals surface area contributed by atoms with Crippen molar-refractivity contribution in [2.45, 2.75) is 29.7 Å². The molecule has 1 amide bonds. The maximum Gasteiger partial charge on any atom is 0.339 e. The van der Waals surface area contributed by atoms with E-state index >= 15 is 0 Å². The van der Waals surface area contributed by atoms with E-state index in [2.05, 4.69) is 5.32 Å². The number of sulfonamides is 1. The molecule has 2 atom stereocenters. The van der Waals surface area contributed by atoms with E-state index in [0.29, 0.717) is 18.8 Å². The van der Waals surface area contributed by atoms with Gasteiger partial charge in [0, 0.05) is 17.4 Å². The Labute approximate surface area is 160 Å². The Balaban J connectivity index is 1.63. The van der Waals surface area contributed by atoms with Crippen LogP contribution in [0.25, 0.3) is 0 Å². The van der Waals surface area contributed by atoms with E-state index in [0.717, 1.165) is 23.0 Å². The summed E-state index contributed by atoms with van der Waals surface area (Å²) < 4.78 is 33.1. The van der Waals surface area contributed by atoms with Crippen LogP contribution >= 0.6 is 11.3 Å². The summed E-state index contributed by atoms with van der Waals surface area (Å²) in [6, 6.07) is 8.30. The van der Waals surface area contributed by atoms with Gasteiger partial charge < -0.3 is 14.8 Å². The average molecular weight is 410 g/mol. The van der Waals surface area contributed by atoms with Crippen LogP contribution in [-0.4, -0.2) is 33.0 Å². The number of hydrogen-bond donors (Lipinski definition) is 2. The number of nitrogens with one attached hydrogen (secondary N) is 1. The van der Waals surface area contributed by atoms with Gasteiger partial charge in [0.25, 0.3) is 5.91 Å². The minimum absolute atomic E-state index is 0.0279. The van der Waals surface area contributed by atoms with E-state index < -0.39 is 28.0 Å². The third kappa shape index (κ3) is 4.46. The lowest BCUT2D eigenvalue weighted by Crippen LogP contribution is -2.39. The van der Waals surface area contributed by atoms with Gasteiger partial charge in [0.15, 0.2) is 6.10 Å². The first-order chi connectivity index (χ1) is 12.8. The third-order valence-corrected chi connectivity index (χ3v) is 6.41. The van der Waals surface area contributed by atoms with E-state index in [9.17, 15) is 18.0 Å². The molecule has 0 spiro atoms. The van der Waals surface area contributed by atoms with Gasteiger partial charge in [-0.05, 0) is 19.1 Å². The number of para-hydroxylation sites is 1. The lowest BCUT2D eigenvalue weighted by molar-refractivity contribution is -0.130. The van der Waals surface area contributed by atoms with E-state index in [1.807, 2.05) is 24.3 Å². The molecule has 0 saturated heterocycles. The fourth-order valence-corrected chi connectivity index (χ4v) is 4.21. The first kappa shape index (κ1) is 19.3. The molecule has 27 heavy (non-hydrogen) atoms. The fourth-order valence-electron chi connectivity index (χ4n) is 2.64. The van der Waals surface area contributed by atoms with Crippen molar-refractivity contribution in [1.29, 1.82) is 0 Å². The van der Waals surface area contributed by atoms with Crippen LogP contribution in [0.1, 0.15) is 35.3 Å². The normalized spacial score (nSPS) is 17.3. The van der Waals surface area contributed by atoms with Crippen LogP contribution in [0, 0.1) is 0 Å².